The van der Waals surface area contributed by atoms with Crippen molar-refractivity contribution in [3.8, 4) is 0 Å². The quantitative estimate of drug-likeness (QED) is 0.672. The number of hydrogen-bond donors (Lipinski definition) is 2. The van der Waals surface area contributed by atoms with Gasteiger partial charge in [-0.05, 0) is 18.9 Å². The van der Waals surface area contributed by atoms with Crippen LogP contribution in [-0.4, -0.2) is 20.4 Å². The summed E-state index contributed by atoms with van der Waals surface area (Å²) in [6.45, 7) is 0. The van der Waals surface area contributed by atoms with Gasteiger partial charge in [-0.25, -0.2) is 0 Å². The lowest BCUT2D eigenvalue weighted by Gasteiger charge is -1.94. The van der Waals surface area contributed by atoms with Crippen LogP contribution in [0.4, 0.5) is 5.82 Å². The Bertz CT molecular complexity index is 457. The zero-order valence-corrected chi connectivity index (χ0v) is 6.99. The second-order valence-corrected chi connectivity index (χ2v) is 3.42. The van der Waals surface area contributed by atoms with Crippen molar-refractivity contribution in [3.05, 3.63) is 11.8 Å². The number of H-pyrrole nitrogens is 1. The molecular formula is C8H9N5. The van der Waals surface area contributed by atoms with Crippen LogP contribution in [0, 0.1) is 0 Å². The molecule has 1 saturated carbocycles. The molecule has 0 bridgehead atoms. The van der Waals surface area contributed by atoms with E-state index in [0.29, 0.717) is 17.4 Å². The molecule has 0 unspecified atom stereocenters. The van der Waals surface area contributed by atoms with E-state index < -0.39 is 0 Å². The highest BCUT2D eigenvalue weighted by molar-refractivity contribution is 5.85. The maximum atomic E-state index is 5.68. The van der Waals surface area contributed by atoms with Gasteiger partial charge in [-0.1, -0.05) is 0 Å². The Hall–Kier alpha value is -1.65. The summed E-state index contributed by atoms with van der Waals surface area (Å²) in [5, 5.41) is 15.6. The monoisotopic (exact) mass is 175 g/mol. The van der Waals surface area contributed by atoms with Gasteiger partial charge in [0.25, 0.3) is 0 Å². The average Bonchev–Trinajstić information content (AvgIpc) is 2.93. The van der Waals surface area contributed by atoms with Crippen LogP contribution in [0.25, 0.3) is 11.0 Å². The van der Waals surface area contributed by atoms with Crippen LogP contribution in [-0.2, 0) is 0 Å². The highest BCUT2D eigenvalue weighted by Gasteiger charge is 2.26. The Labute approximate surface area is 74.3 Å². The fourth-order valence-corrected chi connectivity index (χ4v) is 1.43. The first kappa shape index (κ1) is 6.82. The van der Waals surface area contributed by atoms with E-state index in [1.807, 2.05) is 6.07 Å². The van der Waals surface area contributed by atoms with Crippen LogP contribution in [0.5, 0.6) is 0 Å². The average molecular weight is 175 g/mol. The van der Waals surface area contributed by atoms with E-state index in [2.05, 4.69) is 20.4 Å². The number of fused-ring (bicyclic) bond motifs is 1. The molecule has 66 valence electrons. The standard InChI is InChI=1S/C8H9N5/c9-7-5-3-6(4-1-2-4)10-12-8(5)13-11-7/h3-4H,1-2H2,(H3,9,11,12,13). The molecule has 3 rings (SSSR count). The van der Waals surface area contributed by atoms with Gasteiger partial charge in [-0.2, -0.15) is 10.2 Å². The largest absolute Gasteiger partial charge is 0.384 e. The van der Waals surface area contributed by atoms with E-state index in [4.69, 9.17) is 5.73 Å². The van der Waals surface area contributed by atoms with Gasteiger partial charge in [0.2, 0.25) is 5.65 Å². The number of anilines is 1. The molecule has 0 spiro atoms. The summed E-state index contributed by atoms with van der Waals surface area (Å²) in [5.74, 6) is 1.18. The topological polar surface area (TPSA) is 80.5 Å². The zero-order valence-electron chi connectivity index (χ0n) is 6.99. The van der Waals surface area contributed by atoms with Gasteiger partial charge in [-0.15, -0.1) is 5.10 Å². The Morgan fingerprint density at radius 1 is 1.38 bits per heavy atom. The minimum Gasteiger partial charge on any atom is -0.384 e. The Kier molecular flexibility index (Phi) is 1.15. The summed E-state index contributed by atoms with van der Waals surface area (Å²) in [5.41, 5.74) is 7.32. The molecule has 0 aliphatic heterocycles. The molecule has 2 aromatic heterocycles. The van der Waals surface area contributed by atoms with Gasteiger partial charge in [0, 0.05) is 5.92 Å². The molecule has 0 atom stereocenters. The SMILES string of the molecule is Nc1[nH]nc2nnc(C3CC3)cc12. The molecule has 1 aliphatic rings. The molecule has 1 aliphatic carbocycles. The van der Waals surface area contributed by atoms with Gasteiger partial charge in [0.05, 0.1) is 11.1 Å². The van der Waals surface area contributed by atoms with E-state index in [1.165, 1.54) is 12.8 Å². The number of aromatic nitrogens is 4. The fourth-order valence-electron chi connectivity index (χ4n) is 1.43. The molecule has 3 N–H and O–H groups in total. The summed E-state index contributed by atoms with van der Waals surface area (Å²) in [7, 11) is 0. The molecule has 5 heteroatoms. The molecule has 5 nitrogen and oxygen atoms in total. The fraction of sp³-hybridized carbons (Fsp3) is 0.375. The normalized spacial score (nSPS) is 16.6. The van der Waals surface area contributed by atoms with Gasteiger partial charge in [0.15, 0.2) is 0 Å². The van der Waals surface area contributed by atoms with Crippen molar-refractivity contribution < 1.29 is 0 Å². The molecule has 2 heterocycles. The number of nitrogens with one attached hydrogen (secondary N) is 1. The predicted molar refractivity (Wildman–Crippen MR) is 48.1 cm³/mol. The highest BCUT2D eigenvalue weighted by atomic mass is 15.2. The third kappa shape index (κ3) is 0.965. The second-order valence-electron chi connectivity index (χ2n) is 3.42. The summed E-state index contributed by atoms with van der Waals surface area (Å²) in [6.07, 6.45) is 2.44. The van der Waals surface area contributed by atoms with E-state index in [9.17, 15) is 0 Å². The zero-order chi connectivity index (χ0) is 8.84. The molecular weight excluding hydrogens is 166 g/mol. The van der Waals surface area contributed by atoms with Crippen LogP contribution in [0.3, 0.4) is 0 Å². The first-order valence-electron chi connectivity index (χ1n) is 4.32. The third-order valence-electron chi connectivity index (χ3n) is 2.36. The number of nitrogens with zero attached hydrogens (tertiary/aromatic N) is 3. The molecule has 0 amide bonds. The minimum absolute atomic E-state index is 0.576. The first-order chi connectivity index (χ1) is 6.34. The minimum atomic E-state index is 0.576. The van der Waals surface area contributed by atoms with E-state index in [-0.39, 0.29) is 0 Å². The number of hydrogen-bond acceptors (Lipinski definition) is 4. The lowest BCUT2D eigenvalue weighted by molar-refractivity contribution is 0.923. The van der Waals surface area contributed by atoms with E-state index in [1.54, 1.807) is 0 Å². The lowest BCUT2D eigenvalue weighted by atomic mass is 10.2. The second kappa shape index (κ2) is 2.18. The Morgan fingerprint density at radius 3 is 3.00 bits per heavy atom. The van der Waals surface area contributed by atoms with Crippen molar-refractivity contribution in [2.24, 2.45) is 0 Å². The smallest absolute Gasteiger partial charge is 0.204 e. The molecule has 0 radical (unpaired) electrons. The third-order valence-corrected chi connectivity index (χ3v) is 2.36. The van der Waals surface area contributed by atoms with Gasteiger partial charge in [-0.3, -0.25) is 5.10 Å². The predicted octanol–water partition coefficient (Wildman–Crippen LogP) is 0.812. The number of rotatable bonds is 1. The molecule has 0 saturated heterocycles. The molecule has 0 aromatic carbocycles. The number of aromatic amines is 1. The number of nitrogen functional groups attached to an aromatic ring is 1. The van der Waals surface area contributed by atoms with Gasteiger partial charge < -0.3 is 5.73 Å². The summed E-state index contributed by atoms with van der Waals surface area (Å²) in [4.78, 5) is 0. The Morgan fingerprint density at radius 2 is 2.23 bits per heavy atom. The maximum absolute atomic E-state index is 5.68. The molecule has 2 aromatic rings. The van der Waals surface area contributed by atoms with Gasteiger partial charge >= 0.3 is 0 Å². The van der Waals surface area contributed by atoms with Crippen LogP contribution < -0.4 is 5.73 Å². The van der Waals surface area contributed by atoms with Crippen molar-refractivity contribution in [1.82, 2.24) is 20.4 Å². The van der Waals surface area contributed by atoms with Crippen molar-refractivity contribution >= 4 is 16.9 Å². The van der Waals surface area contributed by atoms with Crippen molar-refractivity contribution in [3.63, 3.8) is 0 Å². The summed E-state index contributed by atoms with van der Waals surface area (Å²) in [6, 6.07) is 1.98. The van der Waals surface area contributed by atoms with Crippen LogP contribution >= 0.6 is 0 Å². The lowest BCUT2D eigenvalue weighted by Crippen LogP contribution is -1.91. The van der Waals surface area contributed by atoms with Crippen LogP contribution in [0.15, 0.2) is 6.07 Å². The van der Waals surface area contributed by atoms with Crippen molar-refractivity contribution in [2.75, 3.05) is 5.73 Å². The summed E-state index contributed by atoms with van der Waals surface area (Å²) >= 11 is 0. The first-order valence-corrected chi connectivity index (χ1v) is 4.32. The van der Waals surface area contributed by atoms with Gasteiger partial charge in [0.1, 0.15) is 5.82 Å². The Balaban J connectivity index is 2.24. The molecule has 1 fully saturated rings. The van der Waals surface area contributed by atoms with Crippen molar-refractivity contribution in [1.29, 1.82) is 0 Å². The summed E-state index contributed by atoms with van der Waals surface area (Å²) < 4.78 is 0. The van der Waals surface area contributed by atoms with E-state index >= 15 is 0 Å². The highest BCUT2D eigenvalue weighted by Crippen LogP contribution is 2.39. The maximum Gasteiger partial charge on any atom is 0.204 e. The van der Waals surface area contributed by atoms with Crippen LogP contribution in [0.2, 0.25) is 0 Å². The van der Waals surface area contributed by atoms with Crippen molar-refractivity contribution in [2.45, 2.75) is 18.8 Å². The van der Waals surface area contributed by atoms with E-state index in [0.717, 1.165) is 11.1 Å². The van der Waals surface area contributed by atoms with Crippen LogP contribution in [0.1, 0.15) is 24.5 Å². The molecule has 13 heavy (non-hydrogen) atoms. The number of nitrogens with two attached hydrogens (primary N) is 1.